The molecule has 2 aliphatic rings. The van der Waals surface area contributed by atoms with E-state index >= 15 is 0 Å². The van der Waals surface area contributed by atoms with Crippen molar-refractivity contribution in [2.24, 2.45) is 10.7 Å². The maximum Gasteiger partial charge on any atom is 0.191 e. The quantitative estimate of drug-likeness (QED) is 0.355. The molecule has 29 heavy (non-hydrogen) atoms. The molecule has 2 N–H and O–H groups in total. The van der Waals surface area contributed by atoms with Gasteiger partial charge in [-0.2, -0.15) is 0 Å². The van der Waals surface area contributed by atoms with Crippen LogP contribution in [0.2, 0.25) is 0 Å². The van der Waals surface area contributed by atoms with Gasteiger partial charge in [-0.3, -0.25) is 9.89 Å². The first-order valence-electron chi connectivity index (χ1n) is 10.3. The summed E-state index contributed by atoms with van der Waals surface area (Å²) < 4.78 is 16.5. The number of guanidine groups is 1. The molecule has 1 aromatic carbocycles. The third-order valence-electron chi connectivity index (χ3n) is 5.64. The molecule has 2 fully saturated rings. The summed E-state index contributed by atoms with van der Waals surface area (Å²) in [6, 6.07) is 6.24. The Morgan fingerprint density at radius 2 is 1.69 bits per heavy atom. The first kappa shape index (κ1) is 24.0. The van der Waals surface area contributed by atoms with Crippen LogP contribution in [0.4, 0.5) is 0 Å². The highest BCUT2D eigenvalue weighted by molar-refractivity contribution is 14.0. The highest BCUT2D eigenvalue weighted by Crippen LogP contribution is 2.32. The summed E-state index contributed by atoms with van der Waals surface area (Å²) in [5, 5.41) is 0. The number of hydrogen-bond donors (Lipinski definition) is 1. The van der Waals surface area contributed by atoms with Gasteiger partial charge < -0.3 is 24.8 Å². The summed E-state index contributed by atoms with van der Waals surface area (Å²) in [5.41, 5.74) is 7.52. The number of rotatable bonds is 6. The minimum atomic E-state index is 0. The van der Waals surface area contributed by atoms with Crippen molar-refractivity contribution in [2.45, 2.75) is 31.7 Å². The zero-order chi connectivity index (χ0) is 19.8. The van der Waals surface area contributed by atoms with Crippen LogP contribution in [-0.2, 0) is 4.74 Å². The van der Waals surface area contributed by atoms with Crippen LogP contribution >= 0.6 is 24.0 Å². The molecule has 0 aliphatic carbocycles. The van der Waals surface area contributed by atoms with E-state index in [1.165, 1.54) is 25.7 Å². The lowest BCUT2D eigenvalue weighted by atomic mass is 10.0. The molecular weight excluding hydrogens is 483 g/mol. The third kappa shape index (κ3) is 6.62. The number of methoxy groups -OCH3 is 2. The molecule has 0 amide bonds. The molecule has 2 heterocycles. The Labute approximate surface area is 191 Å². The summed E-state index contributed by atoms with van der Waals surface area (Å²) >= 11 is 0. The zero-order valence-corrected chi connectivity index (χ0v) is 20.0. The van der Waals surface area contributed by atoms with E-state index in [2.05, 4.69) is 21.9 Å². The first-order chi connectivity index (χ1) is 13.7. The van der Waals surface area contributed by atoms with Crippen molar-refractivity contribution in [2.75, 3.05) is 60.2 Å². The van der Waals surface area contributed by atoms with Gasteiger partial charge in [0.1, 0.15) is 0 Å². The molecule has 2 aliphatic heterocycles. The second-order valence-corrected chi connectivity index (χ2v) is 7.38. The maximum absolute atomic E-state index is 6.36. The number of morpholine rings is 1. The third-order valence-corrected chi connectivity index (χ3v) is 5.64. The van der Waals surface area contributed by atoms with Crippen LogP contribution < -0.4 is 15.2 Å². The van der Waals surface area contributed by atoms with Crippen molar-refractivity contribution < 1.29 is 14.2 Å². The molecule has 0 spiro atoms. The Kier molecular flexibility index (Phi) is 10.3. The number of ether oxygens (including phenoxy) is 3. The van der Waals surface area contributed by atoms with Crippen LogP contribution in [0.3, 0.4) is 0 Å². The SMILES string of the molecule is COc1ccc(C(CN=C(N)N2CCCCCC2)N2CCOCC2)cc1OC.I. The molecular formula is C21H35IN4O3. The molecule has 0 saturated carbocycles. The van der Waals surface area contributed by atoms with Crippen molar-refractivity contribution in [3.8, 4) is 11.5 Å². The number of aliphatic imine (C=N–C) groups is 1. The van der Waals surface area contributed by atoms with Gasteiger partial charge in [0.05, 0.1) is 40.0 Å². The van der Waals surface area contributed by atoms with E-state index in [4.69, 9.17) is 24.9 Å². The summed E-state index contributed by atoms with van der Waals surface area (Å²) in [4.78, 5) is 9.46. The van der Waals surface area contributed by atoms with Gasteiger partial charge in [0, 0.05) is 26.2 Å². The van der Waals surface area contributed by atoms with Crippen molar-refractivity contribution in [3.05, 3.63) is 23.8 Å². The summed E-state index contributed by atoms with van der Waals surface area (Å²) in [7, 11) is 3.32. The Balaban J connectivity index is 0.00000300. The molecule has 0 radical (unpaired) electrons. The fourth-order valence-electron chi connectivity index (χ4n) is 3.96. The van der Waals surface area contributed by atoms with Gasteiger partial charge in [-0.15, -0.1) is 24.0 Å². The molecule has 2 saturated heterocycles. The fraction of sp³-hybridized carbons (Fsp3) is 0.667. The van der Waals surface area contributed by atoms with Crippen LogP contribution in [0.15, 0.2) is 23.2 Å². The topological polar surface area (TPSA) is 72.6 Å². The van der Waals surface area contributed by atoms with E-state index in [0.717, 1.165) is 56.5 Å². The molecule has 3 rings (SSSR count). The van der Waals surface area contributed by atoms with Crippen molar-refractivity contribution in [3.63, 3.8) is 0 Å². The van der Waals surface area contributed by atoms with Crippen molar-refractivity contribution in [1.82, 2.24) is 9.80 Å². The van der Waals surface area contributed by atoms with Gasteiger partial charge in [0.25, 0.3) is 0 Å². The average Bonchev–Trinajstić information content (AvgIpc) is 3.04. The number of nitrogens with zero attached hydrogens (tertiary/aromatic N) is 3. The van der Waals surface area contributed by atoms with Crippen LogP contribution in [0.25, 0.3) is 0 Å². The largest absolute Gasteiger partial charge is 0.493 e. The zero-order valence-electron chi connectivity index (χ0n) is 17.6. The predicted molar refractivity (Wildman–Crippen MR) is 127 cm³/mol. The van der Waals surface area contributed by atoms with Crippen LogP contribution in [-0.4, -0.2) is 75.9 Å². The van der Waals surface area contributed by atoms with E-state index in [0.29, 0.717) is 12.5 Å². The van der Waals surface area contributed by atoms with E-state index < -0.39 is 0 Å². The maximum atomic E-state index is 6.36. The van der Waals surface area contributed by atoms with Gasteiger partial charge in [-0.1, -0.05) is 18.9 Å². The lowest BCUT2D eigenvalue weighted by Gasteiger charge is -2.34. The summed E-state index contributed by atoms with van der Waals surface area (Å²) in [5.74, 6) is 2.14. The van der Waals surface area contributed by atoms with Crippen molar-refractivity contribution in [1.29, 1.82) is 0 Å². The van der Waals surface area contributed by atoms with E-state index in [1.54, 1.807) is 14.2 Å². The summed E-state index contributed by atoms with van der Waals surface area (Å²) in [6.07, 6.45) is 4.95. The molecule has 8 heteroatoms. The van der Waals surface area contributed by atoms with Gasteiger partial charge in [-0.05, 0) is 30.5 Å². The van der Waals surface area contributed by atoms with Gasteiger partial charge in [0.2, 0.25) is 0 Å². The monoisotopic (exact) mass is 518 g/mol. The standard InChI is InChI=1S/C21H34N4O3.HI/c1-26-19-8-7-17(15-20(19)27-2)18(24-11-13-28-14-12-24)16-23-21(22)25-9-5-3-4-6-10-25;/h7-8,15,18H,3-6,9-14,16H2,1-2H3,(H2,22,23);1H. The first-order valence-corrected chi connectivity index (χ1v) is 10.3. The predicted octanol–water partition coefficient (Wildman–Crippen LogP) is 2.89. The highest BCUT2D eigenvalue weighted by Gasteiger charge is 2.24. The number of benzene rings is 1. The molecule has 164 valence electrons. The second kappa shape index (κ2) is 12.4. The summed E-state index contributed by atoms with van der Waals surface area (Å²) in [6.45, 7) is 5.90. The lowest BCUT2D eigenvalue weighted by Crippen LogP contribution is -2.42. The van der Waals surface area contributed by atoms with E-state index in [9.17, 15) is 0 Å². The number of likely N-dealkylation sites (tertiary alicyclic amines) is 1. The van der Waals surface area contributed by atoms with Gasteiger partial charge >= 0.3 is 0 Å². The Hall–Kier alpha value is -1.26. The van der Waals surface area contributed by atoms with Crippen LogP contribution in [0.5, 0.6) is 11.5 Å². The van der Waals surface area contributed by atoms with Gasteiger partial charge in [0.15, 0.2) is 17.5 Å². The minimum absolute atomic E-state index is 0. The average molecular weight is 518 g/mol. The second-order valence-electron chi connectivity index (χ2n) is 7.38. The Morgan fingerprint density at radius 3 is 2.31 bits per heavy atom. The highest BCUT2D eigenvalue weighted by atomic mass is 127. The molecule has 0 bridgehead atoms. The lowest BCUT2D eigenvalue weighted by molar-refractivity contribution is 0.0179. The minimum Gasteiger partial charge on any atom is -0.493 e. The van der Waals surface area contributed by atoms with Crippen molar-refractivity contribution >= 4 is 29.9 Å². The number of nitrogens with two attached hydrogens (primary N) is 1. The number of hydrogen-bond acceptors (Lipinski definition) is 5. The molecule has 7 nitrogen and oxygen atoms in total. The van der Waals surface area contributed by atoms with Crippen LogP contribution in [0, 0.1) is 0 Å². The molecule has 1 aromatic rings. The van der Waals surface area contributed by atoms with Crippen LogP contribution in [0.1, 0.15) is 37.3 Å². The number of halogens is 1. The Bertz CT molecular complexity index is 645. The Morgan fingerprint density at radius 1 is 1.03 bits per heavy atom. The van der Waals surface area contributed by atoms with Gasteiger partial charge in [-0.25, -0.2) is 0 Å². The smallest absolute Gasteiger partial charge is 0.191 e. The normalized spacial score (nSPS) is 19.8. The molecule has 0 aromatic heterocycles. The fourth-order valence-corrected chi connectivity index (χ4v) is 3.96. The molecule has 1 atom stereocenters. The van der Waals surface area contributed by atoms with E-state index in [-0.39, 0.29) is 30.0 Å². The van der Waals surface area contributed by atoms with E-state index in [1.807, 2.05) is 6.07 Å². The molecule has 1 unspecified atom stereocenters.